The Hall–Kier alpha value is -1.35. The quantitative estimate of drug-likeness (QED) is 0.679. The van der Waals surface area contributed by atoms with Crippen molar-refractivity contribution in [2.24, 2.45) is 0 Å². The molecular formula is C13H19NO2. The van der Waals surface area contributed by atoms with Crippen LogP contribution in [0.15, 0.2) is 24.3 Å². The van der Waals surface area contributed by atoms with Crippen LogP contribution in [0.1, 0.15) is 17.5 Å². The molecule has 0 aromatic heterocycles. The van der Waals surface area contributed by atoms with Crippen LogP contribution in [0.3, 0.4) is 0 Å². The molecule has 0 atom stereocenters. The lowest BCUT2D eigenvalue weighted by Crippen LogP contribution is -2.16. The maximum atomic E-state index is 10.4. The van der Waals surface area contributed by atoms with Gasteiger partial charge in [-0.15, -0.1) is 0 Å². The van der Waals surface area contributed by atoms with Crippen molar-refractivity contribution in [3.63, 3.8) is 0 Å². The van der Waals surface area contributed by atoms with E-state index in [2.05, 4.69) is 43.4 Å². The fourth-order valence-electron chi connectivity index (χ4n) is 1.26. The zero-order chi connectivity index (χ0) is 11.8. The summed E-state index contributed by atoms with van der Waals surface area (Å²) in [4.78, 5) is 10.4. The van der Waals surface area contributed by atoms with Crippen molar-refractivity contribution in [1.29, 1.82) is 0 Å². The van der Waals surface area contributed by atoms with E-state index in [1.807, 2.05) is 0 Å². The van der Waals surface area contributed by atoms with Crippen LogP contribution in [0.4, 0.5) is 0 Å². The highest BCUT2D eigenvalue weighted by Crippen LogP contribution is 1.99. The molecule has 3 heteroatoms. The lowest BCUT2D eigenvalue weighted by Gasteiger charge is -1.93. The van der Waals surface area contributed by atoms with E-state index in [-0.39, 0.29) is 5.97 Å². The Balaban J connectivity index is 0.000000160. The topological polar surface area (TPSA) is 38.3 Å². The summed E-state index contributed by atoms with van der Waals surface area (Å²) >= 11 is 0. The number of hydrogen-bond acceptors (Lipinski definition) is 3. The van der Waals surface area contributed by atoms with Crippen molar-refractivity contribution in [3.8, 4) is 0 Å². The van der Waals surface area contributed by atoms with Crippen LogP contribution in [0.2, 0.25) is 0 Å². The van der Waals surface area contributed by atoms with Gasteiger partial charge >= 0.3 is 5.97 Å². The molecule has 1 fully saturated rings. The van der Waals surface area contributed by atoms with Gasteiger partial charge in [0.15, 0.2) is 0 Å². The monoisotopic (exact) mass is 221 g/mol. The summed E-state index contributed by atoms with van der Waals surface area (Å²) in [6.45, 7) is 6.28. The third-order valence-corrected chi connectivity index (χ3v) is 2.27. The molecule has 16 heavy (non-hydrogen) atoms. The highest BCUT2D eigenvalue weighted by atomic mass is 16.5. The smallest absolute Gasteiger partial charge is 0.307 e. The van der Waals surface area contributed by atoms with Crippen LogP contribution in [0.5, 0.6) is 0 Å². The highest BCUT2D eigenvalue weighted by Gasteiger charge is 2.04. The van der Waals surface area contributed by atoms with E-state index in [0.717, 1.165) is 13.1 Å². The summed E-state index contributed by atoms with van der Waals surface area (Å²) in [7, 11) is 0. The average molecular weight is 221 g/mol. The Morgan fingerprint density at radius 1 is 1.06 bits per heavy atom. The van der Waals surface area contributed by atoms with Gasteiger partial charge in [-0.05, 0) is 13.8 Å². The molecule has 3 nitrogen and oxygen atoms in total. The van der Waals surface area contributed by atoms with Crippen LogP contribution in [0.25, 0.3) is 0 Å². The minimum Gasteiger partial charge on any atom is -0.464 e. The van der Waals surface area contributed by atoms with Crippen LogP contribution in [-0.4, -0.2) is 25.7 Å². The molecule has 0 bridgehead atoms. The first-order valence-corrected chi connectivity index (χ1v) is 5.58. The Bertz CT molecular complexity index is 288. The number of ether oxygens (including phenoxy) is 1. The van der Waals surface area contributed by atoms with Crippen molar-refractivity contribution in [2.45, 2.75) is 20.3 Å². The lowest BCUT2D eigenvalue weighted by atomic mass is 10.2. The van der Waals surface area contributed by atoms with Crippen LogP contribution < -0.4 is 5.32 Å². The fourth-order valence-corrected chi connectivity index (χ4v) is 1.26. The molecule has 0 unspecified atom stereocenters. The standard InChI is InChI=1S/C8H10.C5H9NO2/c1-7-3-5-8(2)6-4-7;7-5-1-2-6-3-4-8-5/h3-6H,1-2H3;6H,1-4H2. The van der Waals surface area contributed by atoms with Crippen molar-refractivity contribution in [1.82, 2.24) is 5.32 Å². The van der Waals surface area contributed by atoms with Gasteiger partial charge in [-0.3, -0.25) is 4.79 Å². The van der Waals surface area contributed by atoms with Gasteiger partial charge in [0.1, 0.15) is 6.61 Å². The number of esters is 1. The van der Waals surface area contributed by atoms with E-state index in [1.165, 1.54) is 11.1 Å². The van der Waals surface area contributed by atoms with Crippen molar-refractivity contribution >= 4 is 5.97 Å². The van der Waals surface area contributed by atoms with Gasteiger partial charge < -0.3 is 10.1 Å². The molecule has 1 aromatic rings. The number of carbonyl (C=O) groups excluding carboxylic acids is 1. The molecule has 0 spiro atoms. The first kappa shape index (κ1) is 12.7. The van der Waals surface area contributed by atoms with Gasteiger partial charge in [-0.1, -0.05) is 35.4 Å². The van der Waals surface area contributed by atoms with Crippen molar-refractivity contribution in [3.05, 3.63) is 35.4 Å². The number of benzene rings is 1. The molecule has 0 amide bonds. The van der Waals surface area contributed by atoms with E-state index in [1.54, 1.807) is 0 Å². The van der Waals surface area contributed by atoms with E-state index < -0.39 is 0 Å². The molecule has 1 N–H and O–H groups in total. The highest BCUT2D eigenvalue weighted by molar-refractivity contribution is 5.69. The molecule has 1 aliphatic heterocycles. The van der Waals surface area contributed by atoms with E-state index in [4.69, 9.17) is 4.74 Å². The second kappa shape index (κ2) is 7.01. The number of carbonyl (C=O) groups is 1. The fraction of sp³-hybridized carbons (Fsp3) is 0.462. The molecule has 1 heterocycles. The molecule has 0 aliphatic carbocycles. The predicted molar refractivity (Wildman–Crippen MR) is 64.4 cm³/mol. The lowest BCUT2D eigenvalue weighted by molar-refractivity contribution is -0.142. The zero-order valence-corrected chi connectivity index (χ0v) is 9.95. The molecule has 0 radical (unpaired) electrons. The average Bonchev–Trinajstić information content (AvgIpc) is 2.51. The minimum atomic E-state index is -0.0880. The first-order chi connectivity index (χ1) is 7.68. The third kappa shape index (κ3) is 5.51. The summed E-state index contributed by atoms with van der Waals surface area (Å²) in [5.74, 6) is -0.0880. The molecule has 88 valence electrons. The van der Waals surface area contributed by atoms with Gasteiger partial charge in [0.25, 0.3) is 0 Å². The Labute approximate surface area is 96.8 Å². The van der Waals surface area contributed by atoms with E-state index in [9.17, 15) is 4.79 Å². The zero-order valence-electron chi connectivity index (χ0n) is 9.95. The molecule has 1 saturated heterocycles. The van der Waals surface area contributed by atoms with Crippen LogP contribution in [0, 0.1) is 13.8 Å². The maximum absolute atomic E-state index is 10.4. The number of hydrogen-bond donors (Lipinski definition) is 1. The van der Waals surface area contributed by atoms with E-state index in [0.29, 0.717) is 13.0 Å². The Kier molecular flexibility index (Phi) is 5.57. The first-order valence-electron chi connectivity index (χ1n) is 5.58. The maximum Gasteiger partial charge on any atom is 0.307 e. The molecule has 0 saturated carbocycles. The van der Waals surface area contributed by atoms with Crippen LogP contribution >= 0.6 is 0 Å². The van der Waals surface area contributed by atoms with Gasteiger partial charge in [0.05, 0.1) is 6.42 Å². The molecule has 2 rings (SSSR count). The third-order valence-electron chi connectivity index (χ3n) is 2.27. The van der Waals surface area contributed by atoms with Gasteiger partial charge in [-0.25, -0.2) is 0 Å². The molecular weight excluding hydrogens is 202 g/mol. The SMILES string of the molecule is Cc1ccc(C)cc1.O=C1CCNCCO1. The number of rotatable bonds is 0. The summed E-state index contributed by atoms with van der Waals surface area (Å²) in [6, 6.07) is 8.48. The second-order valence-electron chi connectivity index (χ2n) is 3.88. The van der Waals surface area contributed by atoms with Crippen molar-refractivity contribution < 1.29 is 9.53 Å². The van der Waals surface area contributed by atoms with Gasteiger partial charge in [0.2, 0.25) is 0 Å². The summed E-state index contributed by atoms with van der Waals surface area (Å²) in [5, 5.41) is 3.03. The Morgan fingerprint density at radius 2 is 1.62 bits per heavy atom. The summed E-state index contributed by atoms with van der Waals surface area (Å²) in [6.07, 6.45) is 0.514. The minimum absolute atomic E-state index is 0.0880. The number of nitrogens with one attached hydrogen (secondary N) is 1. The Morgan fingerprint density at radius 3 is 2.19 bits per heavy atom. The number of cyclic esters (lactones) is 1. The van der Waals surface area contributed by atoms with Crippen molar-refractivity contribution in [2.75, 3.05) is 19.7 Å². The largest absolute Gasteiger partial charge is 0.464 e. The number of aryl methyl sites for hydroxylation is 2. The summed E-state index contributed by atoms with van der Waals surface area (Å²) in [5.41, 5.74) is 2.66. The predicted octanol–water partition coefficient (Wildman–Crippen LogP) is 1.83. The van der Waals surface area contributed by atoms with Crippen LogP contribution in [-0.2, 0) is 9.53 Å². The van der Waals surface area contributed by atoms with Gasteiger partial charge in [0, 0.05) is 13.1 Å². The van der Waals surface area contributed by atoms with E-state index >= 15 is 0 Å². The molecule has 1 aliphatic rings. The normalized spacial score (nSPS) is 15.5. The van der Waals surface area contributed by atoms with Gasteiger partial charge in [-0.2, -0.15) is 0 Å². The molecule has 1 aromatic carbocycles. The summed E-state index contributed by atoms with van der Waals surface area (Å²) < 4.78 is 4.70. The second-order valence-corrected chi connectivity index (χ2v) is 3.88.